The average Bonchev–Trinajstić information content (AvgIpc) is 2.78. The third kappa shape index (κ3) is 1.96. The summed E-state index contributed by atoms with van der Waals surface area (Å²) in [6, 6.07) is 0. The molecule has 0 radical (unpaired) electrons. The number of carbonyl (C=O) groups is 2. The van der Waals surface area contributed by atoms with Crippen LogP contribution in [0.3, 0.4) is 0 Å². The summed E-state index contributed by atoms with van der Waals surface area (Å²) in [5, 5.41) is 0. The SMILES string of the molecule is C=C1[C@@H](C)C2=CC(=O)C[C@@H](C)[C@]2(C)[C@H]2CC[C@]3(C)C(=O)[C@H](F)C[C@H]3[C@H]12. The lowest BCUT2D eigenvalue weighted by Gasteiger charge is -2.61. The Morgan fingerprint density at radius 3 is 2.56 bits per heavy atom. The minimum Gasteiger partial charge on any atom is -0.296 e. The first kappa shape index (κ1) is 17.2. The number of rotatable bonds is 0. The fraction of sp³-hybridized carbons (Fsp3) is 0.727. The van der Waals surface area contributed by atoms with Gasteiger partial charge in [0.15, 0.2) is 17.7 Å². The zero-order chi connectivity index (χ0) is 18.3. The number of allylic oxidation sites excluding steroid dienone is 2. The van der Waals surface area contributed by atoms with E-state index in [1.165, 1.54) is 5.57 Å². The number of Topliss-reactive ketones (excluding diaryl/α,β-unsaturated/α-hetero) is 1. The Bertz CT molecular complexity index is 707. The zero-order valence-electron chi connectivity index (χ0n) is 15.8. The molecule has 0 spiro atoms. The van der Waals surface area contributed by atoms with Gasteiger partial charge in [0, 0.05) is 11.8 Å². The van der Waals surface area contributed by atoms with Gasteiger partial charge >= 0.3 is 0 Å². The summed E-state index contributed by atoms with van der Waals surface area (Å²) in [6.07, 6.45) is 3.20. The molecule has 0 aromatic heterocycles. The maximum atomic E-state index is 14.4. The summed E-state index contributed by atoms with van der Waals surface area (Å²) in [7, 11) is 0. The largest absolute Gasteiger partial charge is 0.296 e. The normalized spacial score (nSPS) is 52.4. The predicted molar refractivity (Wildman–Crippen MR) is 95.6 cm³/mol. The van der Waals surface area contributed by atoms with Crippen LogP contribution in [-0.2, 0) is 9.59 Å². The molecule has 4 aliphatic carbocycles. The Labute approximate surface area is 149 Å². The van der Waals surface area contributed by atoms with Gasteiger partial charge < -0.3 is 0 Å². The first-order chi connectivity index (χ1) is 11.6. The summed E-state index contributed by atoms with van der Waals surface area (Å²) in [6.45, 7) is 13.0. The molecule has 4 aliphatic rings. The molecule has 3 heteroatoms. The Kier molecular flexibility index (Phi) is 3.53. The zero-order valence-corrected chi connectivity index (χ0v) is 15.8. The van der Waals surface area contributed by atoms with Crippen molar-refractivity contribution in [3.8, 4) is 0 Å². The molecule has 4 rings (SSSR count). The number of hydrogen-bond acceptors (Lipinski definition) is 2. The monoisotopic (exact) mass is 344 g/mol. The van der Waals surface area contributed by atoms with E-state index in [0.29, 0.717) is 18.8 Å². The Morgan fingerprint density at radius 1 is 1.20 bits per heavy atom. The molecule has 8 atom stereocenters. The van der Waals surface area contributed by atoms with Crippen LogP contribution in [0.25, 0.3) is 0 Å². The minimum atomic E-state index is -1.31. The van der Waals surface area contributed by atoms with Crippen LogP contribution in [-0.4, -0.2) is 17.7 Å². The van der Waals surface area contributed by atoms with Gasteiger partial charge in [0.05, 0.1) is 0 Å². The predicted octanol–water partition coefficient (Wildman–Crippen LogP) is 4.69. The number of carbonyl (C=O) groups excluding carboxylic acids is 2. The van der Waals surface area contributed by atoms with Crippen LogP contribution < -0.4 is 0 Å². The Balaban J connectivity index is 1.84. The van der Waals surface area contributed by atoms with E-state index in [2.05, 4.69) is 27.4 Å². The van der Waals surface area contributed by atoms with Crippen molar-refractivity contribution in [2.24, 2.45) is 40.4 Å². The Hall–Kier alpha value is -1.25. The van der Waals surface area contributed by atoms with Gasteiger partial charge in [-0.05, 0) is 60.3 Å². The quantitative estimate of drug-likeness (QED) is 0.597. The summed E-state index contributed by atoms with van der Waals surface area (Å²) in [5.41, 5.74) is 1.77. The molecular formula is C22H29FO2. The lowest BCUT2D eigenvalue weighted by atomic mass is 9.43. The molecule has 0 saturated heterocycles. The van der Waals surface area contributed by atoms with E-state index in [9.17, 15) is 14.0 Å². The van der Waals surface area contributed by atoms with Crippen LogP contribution in [0, 0.1) is 40.4 Å². The van der Waals surface area contributed by atoms with Crippen molar-refractivity contribution in [3.63, 3.8) is 0 Å². The number of halogens is 1. The lowest BCUT2D eigenvalue weighted by Crippen LogP contribution is -2.55. The van der Waals surface area contributed by atoms with E-state index in [4.69, 9.17) is 0 Å². The Morgan fingerprint density at radius 2 is 1.88 bits per heavy atom. The van der Waals surface area contributed by atoms with E-state index < -0.39 is 11.6 Å². The second-order valence-corrected chi connectivity index (χ2v) is 9.51. The summed E-state index contributed by atoms with van der Waals surface area (Å²) >= 11 is 0. The van der Waals surface area contributed by atoms with Gasteiger partial charge in [-0.3, -0.25) is 9.59 Å². The van der Waals surface area contributed by atoms with Crippen molar-refractivity contribution in [1.29, 1.82) is 0 Å². The fourth-order valence-corrected chi connectivity index (χ4v) is 6.93. The molecule has 0 aliphatic heterocycles. The lowest BCUT2D eigenvalue weighted by molar-refractivity contribution is -0.134. The van der Waals surface area contributed by atoms with Crippen molar-refractivity contribution < 1.29 is 14.0 Å². The standard InChI is InChI=1S/C22H29FO2/c1-11-8-14(24)9-16-12(2)13(3)19-15(22(11,16)5)6-7-21(4)17(19)10-18(23)20(21)25/h9,11-12,15,17-19H,3,6-8,10H2,1-2,4-5H3/t11-,12-,15+,17+,18-,19-,21+,22-/m1/s1. The topological polar surface area (TPSA) is 34.1 Å². The van der Waals surface area contributed by atoms with E-state index in [1.807, 2.05) is 13.0 Å². The number of ketones is 2. The van der Waals surface area contributed by atoms with Crippen LogP contribution in [0.4, 0.5) is 4.39 Å². The van der Waals surface area contributed by atoms with Crippen molar-refractivity contribution in [2.45, 2.75) is 59.5 Å². The second kappa shape index (κ2) is 5.14. The molecule has 0 unspecified atom stereocenters. The van der Waals surface area contributed by atoms with Gasteiger partial charge in [-0.2, -0.15) is 0 Å². The molecule has 136 valence electrons. The highest BCUT2D eigenvalue weighted by molar-refractivity contribution is 5.93. The molecule has 0 bridgehead atoms. The van der Waals surface area contributed by atoms with Gasteiger partial charge in [0.2, 0.25) is 0 Å². The molecular weight excluding hydrogens is 315 g/mol. The van der Waals surface area contributed by atoms with Gasteiger partial charge in [-0.1, -0.05) is 45.4 Å². The van der Waals surface area contributed by atoms with E-state index >= 15 is 0 Å². The third-order valence-electron chi connectivity index (χ3n) is 8.66. The molecule has 0 aromatic rings. The van der Waals surface area contributed by atoms with Crippen LogP contribution in [0.15, 0.2) is 23.8 Å². The van der Waals surface area contributed by atoms with Crippen molar-refractivity contribution in [2.75, 3.05) is 0 Å². The molecule has 0 aromatic carbocycles. The van der Waals surface area contributed by atoms with Crippen LogP contribution >= 0.6 is 0 Å². The van der Waals surface area contributed by atoms with Gasteiger partial charge in [-0.25, -0.2) is 4.39 Å². The molecule has 3 saturated carbocycles. The first-order valence-corrected chi connectivity index (χ1v) is 9.74. The van der Waals surface area contributed by atoms with E-state index in [0.717, 1.165) is 18.4 Å². The highest BCUT2D eigenvalue weighted by Gasteiger charge is 2.64. The number of alkyl halides is 1. The second-order valence-electron chi connectivity index (χ2n) is 9.51. The minimum absolute atomic E-state index is 0.0437. The highest BCUT2D eigenvalue weighted by Crippen LogP contribution is 2.67. The summed E-state index contributed by atoms with van der Waals surface area (Å²) < 4.78 is 14.4. The van der Waals surface area contributed by atoms with Gasteiger partial charge in [0.1, 0.15) is 0 Å². The average molecular weight is 344 g/mol. The number of hydrogen-bond donors (Lipinski definition) is 0. The van der Waals surface area contributed by atoms with Crippen LogP contribution in [0.1, 0.15) is 53.4 Å². The van der Waals surface area contributed by atoms with E-state index in [1.54, 1.807) is 0 Å². The molecule has 0 heterocycles. The van der Waals surface area contributed by atoms with Crippen LogP contribution in [0.2, 0.25) is 0 Å². The first-order valence-electron chi connectivity index (χ1n) is 9.74. The summed E-state index contributed by atoms with van der Waals surface area (Å²) in [5.74, 6) is 1.07. The maximum absolute atomic E-state index is 14.4. The number of fused-ring (bicyclic) bond motifs is 5. The van der Waals surface area contributed by atoms with E-state index in [-0.39, 0.29) is 40.7 Å². The van der Waals surface area contributed by atoms with Crippen molar-refractivity contribution >= 4 is 11.6 Å². The molecule has 3 fully saturated rings. The van der Waals surface area contributed by atoms with Gasteiger partial charge in [-0.15, -0.1) is 0 Å². The smallest absolute Gasteiger partial charge is 0.173 e. The molecule has 25 heavy (non-hydrogen) atoms. The third-order valence-corrected chi connectivity index (χ3v) is 8.66. The molecule has 0 amide bonds. The molecule has 0 N–H and O–H groups in total. The van der Waals surface area contributed by atoms with Crippen LogP contribution in [0.5, 0.6) is 0 Å². The van der Waals surface area contributed by atoms with Crippen molar-refractivity contribution in [1.82, 2.24) is 0 Å². The highest BCUT2D eigenvalue weighted by atomic mass is 19.1. The van der Waals surface area contributed by atoms with Crippen molar-refractivity contribution in [3.05, 3.63) is 23.8 Å². The summed E-state index contributed by atoms with van der Waals surface area (Å²) in [4.78, 5) is 24.7. The molecule has 2 nitrogen and oxygen atoms in total. The maximum Gasteiger partial charge on any atom is 0.173 e. The van der Waals surface area contributed by atoms with Gasteiger partial charge in [0.25, 0.3) is 0 Å². The fourth-order valence-electron chi connectivity index (χ4n) is 6.93.